The van der Waals surface area contributed by atoms with Gasteiger partial charge in [0, 0.05) is 24.5 Å². The number of hydrogen-bond donors (Lipinski definition) is 1. The first-order chi connectivity index (χ1) is 12.5. The molecule has 1 aliphatic heterocycles. The molecule has 26 heavy (non-hydrogen) atoms. The SMILES string of the molecule is C[C@]1(C(=O)NCc2ccccc2)CCC(=O)N1CCc1ccccc1Cl. The quantitative estimate of drug-likeness (QED) is 0.844. The van der Waals surface area contributed by atoms with E-state index in [1.165, 1.54) is 0 Å². The van der Waals surface area contributed by atoms with E-state index in [0.29, 0.717) is 37.4 Å². The van der Waals surface area contributed by atoms with Crippen LogP contribution in [0.25, 0.3) is 0 Å². The van der Waals surface area contributed by atoms with Crippen molar-refractivity contribution >= 4 is 23.4 Å². The number of carbonyl (C=O) groups is 2. The highest BCUT2D eigenvalue weighted by Gasteiger charge is 2.46. The first-order valence-corrected chi connectivity index (χ1v) is 9.24. The summed E-state index contributed by atoms with van der Waals surface area (Å²) in [5, 5.41) is 3.67. The number of hydrogen-bond acceptors (Lipinski definition) is 2. The predicted octanol–water partition coefficient (Wildman–Crippen LogP) is 3.58. The second-order valence-electron chi connectivity index (χ2n) is 6.83. The van der Waals surface area contributed by atoms with Crippen molar-refractivity contribution in [3.05, 3.63) is 70.7 Å². The van der Waals surface area contributed by atoms with Gasteiger partial charge in [0.1, 0.15) is 5.54 Å². The van der Waals surface area contributed by atoms with Crippen LogP contribution in [0.1, 0.15) is 30.9 Å². The van der Waals surface area contributed by atoms with E-state index in [-0.39, 0.29) is 11.8 Å². The largest absolute Gasteiger partial charge is 0.350 e. The summed E-state index contributed by atoms with van der Waals surface area (Å²) in [6.45, 7) is 2.80. The molecule has 3 rings (SSSR count). The molecule has 1 fully saturated rings. The zero-order valence-electron chi connectivity index (χ0n) is 14.9. The third-order valence-electron chi connectivity index (χ3n) is 5.07. The number of halogens is 1. The monoisotopic (exact) mass is 370 g/mol. The maximum atomic E-state index is 12.8. The summed E-state index contributed by atoms with van der Waals surface area (Å²) < 4.78 is 0. The maximum Gasteiger partial charge on any atom is 0.245 e. The first kappa shape index (κ1) is 18.5. The minimum absolute atomic E-state index is 0.0226. The summed E-state index contributed by atoms with van der Waals surface area (Å²) >= 11 is 6.21. The third kappa shape index (κ3) is 3.91. The van der Waals surface area contributed by atoms with Crippen LogP contribution in [0.2, 0.25) is 5.02 Å². The highest BCUT2D eigenvalue weighted by atomic mass is 35.5. The Morgan fingerprint density at radius 1 is 1.15 bits per heavy atom. The fourth-order valence-corrected chi connectivity index (χ4v) is 3.64. The molecular weight excluding hydrogens is 348 g/mol. The number of rotatable bonds is 6. The zero-order valence-corrected chi connectivity index (χ0v) is 15.6. The summed E-state index contributed by atoms with van der Waals surface area (Å²) in [7, 11) is 0. The van der Waals surface area contributed by atoms with Crippen LogP contribution >= 0.6 is 11.6 Å². The molecule has 1 aliphatic rings. The van der Waals surface area contributed by atoms with Crippen LogP contribution in [0.15, 0.2) is 54.6 Å². The number of likely N-dealkylation sites (tertiary alicyclic amines) is 1. The van der Waals surface area contributed by atoms with E-state index < -0.39 is 5.54 Å². The Kier molecular flexibility index (Phi) is 5.62. The Balaban J connectivity index is 1.66. The maximum absolute atomic E-state index is 12.8. The van der Waals surface area contributed by atoms with Gasteiger partial charge in [0.25, 0.3) is 0 Å². The van der Waals surface area contributed by atoms with E-state index >= 15 is 0 Å². The third-order valence-corrected chi connectivity index (χ3v) is 5.44. The first-order valence-electron chi connectivity index (χ1n) is 8.87. The van der Waals surface area contributed by atoms with E-state index in [9.17, 15) is 9.59 Å². The van der Waals surface area contributed by atoms with Crippen molar-refractivity contribution in [2.45, 2.75) is 38.3 Å². The van der Waals surface area contributed by atoms with Gasteiger partial charge in [0.05, 0.1) is 0 Å². The lowest BCUT2D eigenvalue weighted by molar-refractivity contribution is -0.140. The Morgan fingerprint density at radius 2 is 1.85 bits per heavy atom. The minimum Gasteiger partial charge on any atom is -0.350 e. The lowest BCUT2D eigenvalue weighted by atomic mass is 9.97. The normalized spacial score (nSPS) is 19.6. The van der Waals surface area contributed by atoms with Gasteiger partial charge in [-0.05, 0) is 37.0 Å². The van der Waals surface area contributed by atoms with Crippen molar-refractivity contribution in [3.8, 4) is 0 Å². The highest BCUT2D eigenvalue weighted by Crippen LogP contribution is 2.31. The molecule has 5 heteroatoms. The van der Waals surface area contributed by atoms with E-state index in [1.807, 2.05) is 61.5 Å². The van der Waals surface area contributed by atoms with Gasteiger partial charge in [-0.25, -0.2) is 0 Å². The molecule has 2 amide bonds. The molecule has 1 heterocycles. The molecule has 0 spiro atoms. The Morgan fingerprint density at radius 3 is 2.58 bits per heavy atom. The van der Waals surface area contributed by atoms with Gasteiger partial charge >= 0.3 is 0 Å². The number of amides is 2. The lowest BCUT2D eigenvalue weighted by Crippen LogP contribution is -2.54. The second kappa shape index (κ2) is 7.92. The molecule has 2 aromatic rings. The zero-order chi connectivity index (χ0) is 18.6. The molecule has 4 nitrogen and oxygen atoms in total. The Labute approximate surface area is 159 Å². The topological polar surface area (TPSA) is 49.4 Å². The van der Waals surface area contributed by atoms with Gasteiger partial charge < -0.3 is 10.2 Å². The molecule has 136 valence electrons. The van der Waals surface area contributed by atoms with Crippen molar-refractivity contribution in [1.82, 2.24) is 10.2 Å². The molecule has 0 radical (unpaired) electrons. The van der Waals surface area contributed by atoms with Crippen LogP contribution in [0, 0.1) is 0 Å². The van der Waals surface area contributed by atoms with Gasteiger partial charge in [-0.3, -0.25) is 9.59 Å². The predicted molar refractivity (Wildman–Crippen MR) is 103 cm³/mol. The second-order valence-corrected chi connectivity index (χ2v) is 7.24. The summed E-state index contributed by atoms with van der Waals surface area (Å²) in [6.07, 6.45) is 1.57. The number of nitrogens with zero attached hydrogens (tertiary/aromatic N) is 1. The van der Waals surface area contributed by atoms with Gasteiger partial charge in [-0.15, -0.1) is 0 Å². The Hall–Kier alpha value is -2.33. The van der Waals surface area contributed by atoms with Gasteiger partial charge in [0.15, 0.2) is 0 Å². The van der Waals surface area contributed by atoms with E-state index in [4.69, 9.17) is 11.6 Å². The average molecular weight is 371 g/mol. The molecular formula is C21H23ClN2O2. The van der Waals surface area contributed by atoms with Crippen LogP contribution in [0.4, 0.5) is 0 Å². The fraction of sp³-hybridized carbons (Fsp3) is 0.333. The summed E-state index contributed by atoms with van der Waals surface area (Å²) in [5.41, 5.74) is 1.21. The number of nitrogens with one attached hydrogen (secondary N) is 1. The molecule has 0 bridgehead atoms. The average Bonchev–Trinajstić information content (AvgIpc) is 2.95. The number of benzene rings is 2. The van der Waals surface area contributed by atoms with Crippen molar-refractivity contribution < 1.29 is 9.59 Å². The molecule has 0 aliphatic carbocycles. The summed E-state index contributed by atoms with van der Waals surface area (Å²) in [4.78, 5) is 26.9. The minimum atomic E-state index is -0.812. The van der Waals surface area contributed by atoms with Gasteiger partial charge in [-0.1, -0.05) is 60.1 Å². The van der Waals surface area contributed by atoms with Crippen molar-refractivity contribution in [3.63, 3.8) is 0 Å². The van der Waals surface area contributed by atoms with Crippen molar-refractivity contribution in [2.24, 2.45) is 0 Å². The molecule has 2 aromatic carbocycles. The summed E-state index contributed by atoms with van der Waals surface area (Å²) in [5.74, 6) is -0.0826. The molecule has 0 saturated carbocycles. The van der Waals surface area contributed by atoms with E-state index in [0.717, 1.165) is 11.1 Å². The molecule has 1 saturated heterocycles. The fourth-order valence-electron chi connectivity index (χ4n) is 3.41. The van der Waals surface area contributed by atoms with E-state index in [1.54, 1.807) is 4.90 Å². The van der Waals surface area contributed by atoms with E-state index in [2.05, 4.69) is 5.32 Å². The number of carbonyl (C=O) groups excluding carboxylic acids is 2. The Bertz CT molecular complexity index is 794. The highest BCUT2D eigenvalue weighted by molar-refractivity contribution is 6.31. The molecule has 1 N–H and O–H groups in total. The van der Waals surface area contributed by atoms with Gasteiger partial charge in [0.2, 0.25) is 11.8 Å². The lowest BCUT2D eigenvalue weighted by Gasteiger charge is -2.34. The van der Waals surface area contributed by atoms with Crippen molar-refractivity contribution in [1.29, 1.82) is 0 Å². The van der Waals surface area contributed by atoms with Crippen LogP contribution in [-0.4, -0.2) is 28.8 Å². The van der Waals surface area contributed by atoms with Gasteiger partial charge in [-0.2, -0.15) is 0 Å². The summed E-state index contributed by atoms with van der Waals surface area (Å²) in [6, 6.07) is 17.4. The van der Waals surface area contributed by atoms with Crippen LogP contribution < -0.4 is 5.32 Å². The molecule has 0 aromatic heterocycles. The molecule has 1 atom stereocenters. The van der Waals surface area contributed by atoms with Crippen molar-refractivity contribution in [2.75, 3.05) is 6.54 Å². The van der Waals surface area contributed by atoms with Crippen LogP contribution in [0.5, 0.6) is 0 Å². The van der Waals surface area contributed by atoms with Crippen LogP contribution in [-0.2, 0) is 22.6 Å². The smallest absolute Gasteiger partial charge is 0.245 e. The van der Waals surface area contributed by atoms with Crippen LogP contribution in [0.3, 0.4) is 0 Å². The molecule has 0 unspecified atom stereocenters. The standard InChI is InChI=1S/C21H23ClN2O2/c1-21(20(26)23-15-16-7-3-2-4-8-16)13-11-19(25)24(21)14-12-17-9-5-6-10-18(17)22/h2-10H,11-15H2,1H3,(H,23,26)/t21-/m1/s1.